The normalized spacial score (nSPS) is 11.0. The van der Waals surface area contributed by atoms with Crippen LogP contribution in [0.25, 0.3) is 17.0 Å². The fourth-order valence-electron chi connectivity index (χ4n) is 1.99. The Morgan fingerprint density at radius 2 is 2.19 bits per heavy atom. The lowest BCUT2D eigenvalue weighted by Crippen LogP contribution is -2.11. The van der Waals surface area contributed by atoms with E-state index in [4.69, 9.17) is 5.73 Å². The zero-order valence-electron chi connectivity index (χ0n) is 11.5. The maximum Gasteiger partial charge on any atom is 0.185 e. The highest BCUT2D eigenvalue weighted by Gasteiger charge is 2.20. The first-order valence-corrected chi connectivity index (χ1v) is 6.31. The number of nitriles is 1. The van der Waals surface area contributed by atoms with Crippen LogP contribution in [0.2, 0.25) is 0 Å². The molecule has 0 aromatic carbocycles. The molecule has 3 aromatic rings. The Bertz CT molecular complexity index is 836. The van der Waals surface area contributed by atoms with Crippen molar-refractivity contribution in [2.75, 3.05) is 11.1 Å². The highest BCUT2D eigenvalue weighted by molar-refractivity contribution is 5.79. The van der Waals surface area contributed by atoms with Gasteiger partial charge in [0.2, 0.25) is 0 Å². The van der Waals surface area contributed by atoms with E-state index in [1.807, 2.05) is 13.8 Å². The van der Waals surface area contributed by atoms with Crippen molar-refractivity contribution in [3.63, 3.8) is 0 Å². The van der Waals surface area contributed by atoms with E-state index in [9.17, 15) is 5.26 Å². The predicted octanol–water partition coefficient (Wildman–Crippen LogP) is 0.813. The van der Waals surface area contributed by atoms with Crippen LogP contribution in [0.4, 0.5) is 11.6 Å². The largest absolute Gasteiger partial charge is 0.382 e. The summed E-state index contributed by atoms with van der Waals surface area (Å²) < 4.78 is 1.41. The second kappa shape index (κ2) is 4.75. The molecule has 0 aliphatic rings. The van der Waals surface area contributed by atoms with Crippen LogP contribution in [-0.2, 0) is 0 Å². The zero-order valence-corrected chi connectivity index (χ0v) is 11.5. The number of H-pyrrole nitrogens is 1. The third kappa shape index (κ3) is 2.02. The van der Waals surface area contributed by atoms with Crippen LogP contribution >= 0.6 is 0 Å². The van der Waals surface area contributed by atoms with Crippen LogP contribution in [0, 0.1) is 11.3 Å². The Kier molecular flexibility index (Phi) is 2.91. The number of anilines is 2. The van der Waals surface area contributed by atoms with Crippen LogP contribution in [0.1, 0.15) is 19.4 Å². The predicted molar refractivity (Wildman–Crippen MR) is 76.7 cm³/mol. The molecule has 0 aliphatic carbocycles. The molecule has 9 nitrogen and oxygen atoms in total. The molecule has 0 atom stereocenters. The molecule has 3 heterocycles. The van der Waals surface area contributed by atoms with Gasteiger partial charge in [0.25, 0.3) is 0 Å². The van der Waals surface area contributed by atoms with Crippen LogP contribution < -0.4 is 11.1 Å². The quantitative estimate of drug-likeness (QED) is 0.647. The average Bonchev–Trinajstić information content (AvgIpc) is 3.02. The number of nitrogens with two attached hydrogens (primary N) is 1. The molecule has 0 saturated carbocycles. The number of nitrogens with zero attached hydrogens (tertiary/aromatic N) is 6. The van der Waals surface area contributed by atoms with Gasteiger partial charge in [-0.05, 0) is 13.8 Å². The lowest BCUT2D eigenvalue weighted by molar-refractivity contribution is 0.834. The molecule has 0 aliphatic heterocycles. The number of aromatic nitrogens is 6. The summed E-state index contributed by atoms with van der Waals surface area (Å²) in [6.07, 6.45) is 2.89. The summed E-state index contributed by atoms with van der Waals surface area (Å²) in [5, 5.41) is 16.7. The smallest absolute Gasteiger partial charge is 0.185 e. The highest BCUT2D eigenvalue weighted by Crippen LogP contribution is 2.25. The second-order valence-electron chi connectivity index (χ2n) is 4.73. The minimum absolute atomic E-state index is 0.123. The van der Waals surface area contributed by atoms with Gasteiger partial charge in [-0.25, -0.2) is 15.0 Å². The maximum atomic E-state index is 9.27. The number of hydrogen-bond donors (Lipinski definition) is 3. The van der Waals surface area contributed by atoms with Gasteiger partial charge in [-0.15, -0.1) is 5.10 Å². The lowest BCUT2D eigenvalue weighted by atomic mass is 10.3. The topological polar surface area (TPSA) is 134 Å². The summed E-state index contributed by atoms with van der Waals surface area (Å²) in [5.74, 6) is 1.09. The maximum absolute atomic E-state index is 9.27. The average molecular weight is 283 g/mol. The summed E-state index contributed by atoms with van der Waals surface area (Å²) in [4.78, 5) is 15.2. The van der Waals surface area contributed by atoms with Crippen LogP contribution in [0.15, 0.2) is 12.7 Å². The van der Waals surface area contributed by atoms with Crippen LogP contribution in [-0.4, -0.2) is 35.8 Å². The lowest BCUT2D eigenvalue weighted by Gasteiger charge is -2.05. The van der Waals surface area contributed by atoms with Crippen molar-refractivity contribution in [2.45, 2.75) is 19.9 Å². The Hall–Kier alpha value is -3.15. The van der Waals surface area contributed by atoms with Gasteiger partial charge in [0.1, 0.15) is 29.3 Å². The minimum atomic E-state index is 0.123. The van der Waals surface area contributed by atoms with Gasteiger partial charge >= 0.3 is 0 Å². The Morgan fingerprint density at radius 3 is 2.90 bits per heavy atom. The number of nitrogen functional groups attached to an aromatic ring is 1. The van der Waals surface area contributed by atoms with E-state index in [1.165, 1.54) is 17.3 Å². The first kappa shape index (κ1) is 12.9. The van der Waals surface area contributed by atoms with E-state index in [-0.39, 0.29) is 17.4 Å². The van der Waals surface area contributed by atoms with Gasteiger partial charge in [-0.2, -0.15) is 9.94 Å². The molecule has 3 rings (SSSR count). The third-order valence-corrected chi connectivity index (χ3v) is 2.86. The van der Waals surface area contributed by atoms with Crippen LogP contribution in [0.3, 0.4) is 0 Å². The Labute approximate surface area is 119 Å². The Morgan fingerprint density at radius 1 is 1.38 bits per heavy atom. The van der Waals surface area contributed by atoms with Gasteiger partial charge in [-0.1, -0.05) is 0 Å². The van der Waals surface area contributed by atoms with Gasteiger partial charge in [-0.3, -0.25) is 0 Å². The fraction of sp³-hybridized carbons (Fsp3) is 0.250. The molecule has 0 radical (unpaired) electrons. The number of aromatic amines is 1. The monoisotopic (exact) mass is 283 g/mol. The van der Waals surface area contributed by atoms with Crippen molar-refractivity contribution in [1.82, 2.24) is 29.7 Å². The summed E-state index contributed by atoms with van der Waals surface area (Å²) in [7, 11) is 0. The number of hydrogen-bond acceptors (Lipinski definition) is 7. The van der Waals surface area contributed by atoms with E-state index < -0.39 is 0 Å². The molecule has 0 bridgehead atoms. The molecule has 4 N–H and O–H groups in total. The molecule has 0 fully saturated rings. The molecule has 0 spiro atoms. The first-order valence-electron chi connectivity index (χ1n) is 6.31. The second-order valence-corrected chi connectivity index (χ2v) is 4.73. The molecular weight excluding hydrogens is 270 g/mol. The summed E-state index contributed by atoms with van der Waals surface area (Å²) in [6.45, 7) is 3.91. The highest BCUT2D eigenvalue weighted by atomic mass is 15.4. The zero-order chi connectivity index (χ0) is 15.0. The molecule has 0 saturated heterocycles. The van der Waals surface area contributed by atoms with Gasteiger partial charge < -0.3 is 16.0 Å². The van der Waals surface area contributed by atoms with E-state index in [2.05, 4.69) is 36.4 Å². The molecule has 0 unspecified atom stereocenters. The van der Waals surface area contributed by atoms with E-state index >= 15 is 0 Å². The molecule has 106 valence electrons. The SMILES string of the molecule is CC(C)Nc1nn(-c2ncnc3nc[nH]c23)c(N)c1C#N. The van der Waals surface area contributed by atoms with Crippen molar-refractivity contribution >= 4 is 22.8 Å². The van der Waals surface area contributed by atoms with Crippen molar-refractivity contribution in [2.24, 2.45) is 0 Å². The fourth-order valence-corrected chi connectivity index (χ4v) is 1.99. The van der Waals surface area contributed by atoms with Gasteiger partial charge in [0, 0.05) is 6.04 Å². The van der Waals surface area contributed by atoms with Crippen LogP contribution in [0.5, 0.6) is 0 Å². The van der Waals surface area contributed by atoms with E-state index in [0.717, 1.165) is 0 Å². The van der Waals surface area contributed by atoms with E-state index in [0.29, 0.717) is 22.8 Å². The summed E-state index contributed by atoms with van der Waals surface area (Å²) in [5.41, 5.74) is 7.42. The third-order valence-electron chi connectivity index (χ3n) is 2.86. The van der Waals surface area contributed by atoms with Gasteiger partial charge in [0.15, 0.2) is 17.3 Å². The number of rotatable bonds is 3. The first-order chi connectivity index (χ1) is 10.1. The number of fused-ring (bicyclic) bond motifs is 1. The molecular formula is C12H13N9. The van der Waals surface area contributed by atoms with Crippen molar-refractivity contribution < 1.29 is 0 Å². The number of imidazole rings is 1. The van der Waals surface area contributed by atoms with Crippen molar-refractivity contribution in [3.8, 4) is 11.9 Å². The summed E-state index contributed by atoms with van der Waals surface area (Å²) >= 11 is 0. The summed E-state index contributed by atoms with van der Waals surface area (Å²) in [6, 6.07) is 2.18. The molecule has 9 heteroatoms. The van der Waals surface area contributed by atoms with Crippen molar-refractivity contribution in [3.05, 3.63) is 18.2 Å². The Balaban J connectivity index is 2.21. The minimum Gasteiger partial charge on any atom is -0.382 e. The van der Waals surface area contributed by atoms with Crippen molar-refractivity contribution in [1.29, 1.82) is 5.26 Å². The molecule has 21 heavy (non-hydrogen) atoms. The molecule has 0 amide bonds. The van der Waals surface area contributed by atoms with Gasteiger partial charge in [0.05, 0.1) is 6.33 Å². The van der Waals surface area contributed by atoms with E-state index in [1.54, 1.807) is 0 Å². The molecule has 3 aromatic heterocycles. The number of nitrogens with one attached hydrogen (secondary N) is 2. The standard InChI is InChI=1S/C12H13N9/c1-6(2)19-10-7(3-13)9(14)21(20-10)12-8-11(16-4-15-8)17-5-18-12/h4-6H,14H2,1-2H3,(H,19,20)(H,15,16,17,18).